The van der Waals surface area contributed by atoms with Gasteiger partial charge in [0.15, 0.2) is 12.4 Å². The zero-order valence-electron chi connectivity index (χ0n) is 10.5. The van der Waals surface area contributed by atoms with E-state index in [-0.39, 0.29) is 0 Å². The maximum Gasteiger partial charge on any atom is 0.172 e. The summed E-state index contributed by atoms with van der Waals surface area (Å²) in [6.07, 6.45) is 7.94. The van der Waals surface area contributed by atoms with Gasteiger partial charge in [-0.3, -0.25) is 0 Å². The Morgan fingerprint density at radius 2 is 1.71 bits per heavy atom. The van der Waals surface area contributed by atoms with Gasteiger partial charge in [0, 0.05) is 24.5 Å². The van der Waals surface area contributed by atoms with Crippen molar-refractivity contribution in [2.24, 2.45) is 0 Å². The third kappa shape index (κ3) is 3.70. The highest BCUT2D eigenvalue weighted by Crippen LogP contribution is 2.06. The fourth-order valence-corrected chi connectivity index (χ4v) is 1.99. The molecule has 0 atom stereocenters. The van der Waals surface area contributed by atoms with E-state index in [4.69, 9.17) is 0 Å². The maximum absolute atomic E-state index is 2.29. The molecule has 1 heteroatoms. The molecule has 1 nitrogen and oxygen atoms in total. The summed E-state index contributed by atoms with van der Waals surface area (Å²) in [5.41, 5.74) is 2.76. The van der Waals surface area contributed by atoms with E-state index in [1.54, 1.807) is 0 Å². The number of nitrogens with zero attached hydrogens (tertiary/aromatic N) is 1. The molecule has 1 heterocycles. The zero-order valence-corrected chi connectivity index (χ0v) is 10.5. The van der Waals surface area contributed by atoms with E-state index < -0.39 is 0 Å². The van der Waals surface area contributed by atoms with Crippen LogP contribution in [0.15, 0.2) is 54.9 Å². The van der Waals surface area contributed by atoms with Gasteiger partial charge >= 0.3 is 0 Å². The Labute approximate surface area is 104 Å². The predicted octanol–water partition coefficient (Wildman–Crippen LogP) is 3.37. The first-order chi connectivity index (χ1) is 8.38. The third-order valence-corrected chi connectivity index (χ3v) is 2.94. The highest BCUT2D eigenvalue weighted by Gasteiger charge is 2.02. The minimum absolute atomic E-state index is 1.02. The first-order valence-corrected chi connectivity index (χ1v) is 6.40. The van der Waals surface area contributed by atoms with Crippen LogP contribution in [0.4, 0.5) is 0 Å². The number of aromatic nitrogens is 1. The zero-order chi connectivity index (χ0) is 11.9. The minimum Gasteiger partial charge on any atom is -0.205 e. The summed E-state index contributed by atoms with van der Waals surface area (Å²) >= 11 is 0. The van der Waals surface area contributed by atoms with Gasteiger partial charge in [-0.2, -0.15) is 0 Å². The van der Waals surface area contributed by atoms with E-state index in [9.17, 15) is 0 Å². The van der Waals surface area contributed by atoms with Crippen molar-refractivity contribution in [2.45, 2.75) is 32.7 Å². The fourth-order valence-electron chi connectivity index (χ4n) is 1.99. The summed E-state index contributed by atoms with van der Waals surface area (Å²) < 4.78 is 2.29. The Balaban J connectivity index is 2.06. The van der Waals surface area contributed by atoms with Crippen molar-refractivity contribution >= 4 is 0 Å². The molecular weight excluding hydrogens is 206 g/mol. The lowest BCUT2D eigenvalue weighted by atomic mass is 10.1. The van der Waals surface area contributed by atoms with Gasteiger partial charge in [0.05, 0.1) is 0 Å². The lowest BCUT2D eigenvalue weighted by Gasteiger charge is -2.01. The van der Waals surface area contributed by atoms with Crippen molar-refractivity contribution in [1.29, 1.82) is 0 Å². The molecule has 1 aromatic heterocycles. The number of hydrogen-bond acceptors (Lipinski definition) is 0. The molecule has 2 rings (SSSR count). The molecule has 1 aromatic carbocycles. The topological polar surface area (TPSA) is 3.88 Å². The SMILES string of the molecule is CCCC[n+]1cccc(Cc2ccccc2)c1. The number of hydrogen-bond donors (Lipinski definition) is 0. The number of unbranched alkanes of at least 4 members (excludes halogenated alkanes) is 1. The minimum atomic E-state index is 1.02. The monoisotopic (exact) mass is 226 g/mol. The lowest BCUT2D eigenvalue weighted by Crippen LogP contribution is -2.33. The van der Waals surface area contributed by atoms with Crippen molar-refractivity contribution in [3.05, 3.63) is 66.0 Å². The Morgan fingerprint density at radius 1 is 0.941 bits per heavy atom. The molecule has 88 valence electrons. The molecule has 0 aliphatic rings. The average molecular weight is 226 g/mol. The molecule has 0 fully saturated rings. The highest BCUT2D eigenvalue weighted by molar-refractivity contribution is 5.22. The summed E-state index contributed by atoms with van der Waals surface area (Å²) in [5, 5.41) is 0. The number of pyridine rings is 1. The van der Waals surface area contributed by atoms with Gasteiger partial charge in [-0.1, -0.05) is 43.7 Å². The van der Waals surface area contributed by atoms with Gasteiger partial charge in [-0.15, -0.1) is 0 Å². The van der Waals surface area contributed by atoms with Crippen LogP contribution < -0.4 is 4.57 Å². The quantitative estimate of drug-likeness (QED) is 0.688. The van der Waals surface area contributed by atoms with E-state index >= 15 is 0 Å². The van der Waals surface area contributed by atoms with Crippen LogP contribution in [0, 0.1) is 0 Å². The molecule has 0 saturated carbocycles. The standard InChI is InChI=1S/C16H20N/c1-2-3-11-17-12-7-10-16(14-17)13-15-8-5-4-6-9-15/h4-10,12,14H,2-3,11,13H2,1H3/q+1. The number of rotatable bonds is 5. The number of aryl methyl sites for hydroxylation is 1. The van der Waals surface area contributed by atoms with E-state index in [2.05, 4.69) is 66.3 Å². The van der Waals surface area contributed by atoms with Crippen molar-refractivity contribution in [2.75, 3.05) is 0 Å². The molecular formula is C16H20N+. The van der Waals surface area contributed by atoms with Crippen LogP contribution in [0.2, 0.25) is 0 Å². The lowest BCUT2D eigenvalue weighted by molar-refractivity contribution is -0.697. The second kappa shape index (κ2) is 6.19. The van der Waals surface area contributed by atoms with Crippen LogP contribution >= 0.6 is 0 Å². The van der Waals surface area contributed by atoms with Gasteiger partial charge in [-0.25, -0.2) is 4.57 Å². The summed E-state index contributed by atoms with van der Waals surface area (Å²) in [4.78, 5) is 0. The normalized spacial score (nSPS) is 10.4. The molecule has 0 spiro atoms. The van der Waals surface area contributed by atoms with Crippen molar-refractivity contribution in [3.63, 3.8) is 0 Å². The van der Waals surface area contributed by atoms with E-state index in [0.29, 0.717) is 0 Å². The van der Waals surface area contributed by atoms with Crippen LogP contribution in [0.5, 0.6) is 0 Å². The van der Waals surface area contributed by atoms with E-state index in [1.165, 1.54) is 24.0 Å². The molecule has 0 unspecified atom stereocenters. The van der Waals surface area contributed by atoms with Gasteiger partial charge in [0.1, 0.15) is 6.54 Å². The largest absolute Gasteiger partial charge is 0.205 e. The van der Waals surface area contributed by atoms with Gasteiger partial charge in [0.25, 0.3) is 0 Å². The Hall–Kier alpha value is -1.63. The van der Waals surface area contributed by atoms with Crippen molar-refractivity contribution < 1.29 is 4.57 Å². The maximum atomic E-state index is 2.29. The van der Waals surface area contributed by atoms with Crippen LogP contribution in [-0.4, -0.2) is 0 Å². The predicted molar refractivity (Wildman–Crippen MR) is 70.8 cm³/mol. The van der Waals surface area contributed by atoms with Crippen molar-refractivity contribution in [1.82, 2.24) is 0 Å². The van der Waals surface area contributed by atoms with Crippen LogP contribution in [0.1, 0.15) is 30.9 Å². The van der Waals surface area contributed by atoms with E-state index in [0.717, 1.165) is 13.0 Å². The second-order valence-corrected chi connectivity index (χ2v) is 4.47. The van der Waals surface area contributed by atoms with E-state index in [1.807, 2.05) is 0 Å². The molecule has 0 aliphatic carbocycles. The van der Waals surface area contributed by atoms with Crippen LogP contribution in [0.3, 0.4) is 0 Å². The number of benzene rings is 1. The molecule has 0 N–H and O–H groups in total. The first kappa shape index (κ1) is 11.8. The van der Waals surface area contributed by atoms with Gasteiger partial charge in [0.2, 0.25) is 0 Å². The average Bonchev–Trinajstić information content (AvgIpc) is 2.38. The molecule has 0 amide bonds. The molecule has 17 heavy (non-hydrogen) atoms. The van der Waals surface area contributed by atoms with Crippen LogP contribution in [0.25, 0.3) is 0 Å². The summed E-state index contributed by atoms with van der Waals surface area (Å²) in [6.45, 7) is 3.35. The third-order valence-electron chi connectivity index (χ3n) is 2.94. The Morgan fingerprint density at radius 3 is 2.47 bits per heavy atom. The molecule has 2 aromatic rings. The smallest absolute Gasteiger partial charge is 0.172 e. The summed E-state index contributed by atoms with van der Waals surface area (Å²) in [5.74, 6) is 0. The van der Waals surface area contributed by atoms with Crippen molar-refractivity contribution in [3.8, 4) is 0 Å². The first-order valence-electron chi connectivity index (χ1n) is 6.40. The molecule has 0 saturated heterocycles. The molecule has 0 bridgehead atoms. The fraction of sp³-hybridized carbons (Fsp3) is 0.312. The summed E-state index contributed by atoms with van der Waals surface area (Å²) in [6, 6.07) is 15.0. The molecule has 0 aliphatic heterocycles. The molecule has 0 radical (unpaired) electrons. The Kier molecular flexibility index (Phi) is 4.31. The van der Waals surface area contributed by atoms with Gasteiger partial charge in [-0.05, 0) is 11.6 Å². The Bertz CT molecular complexity index is 448. The second-order valence-electron chi connectivity index (χ2n) is 4.47. The highest BCUT2D eigenvalue weighted by atomic mass is 14.9. The van der Waals surface area contributed by atoms with Gasteiger partial charge < -0.3 is 0 Å². The van der Waals surface area contributed by atoms with Crippen LogP contribution in [-0.2, 0) is 13.0 Å². The summed E-state index contributed by atoms with van der Waals surface area (Å²) in [7, 11) is 0.